The molecule has 0 saturated carbocycles. The van der Waals surface area contributed by atoms with Crippen LogP contribution in [0.25, 0.3) is 11.3 Å². The lowest BCUT2D eigenvalue weighted by atomic mass is 10.1. The zero-order chi connectivity index (χ0) is 12.4. The molecule has 1 atom stereocenters. The molecule has 1 aromatic heterocycles. The predicted molar refractivity (Wildman–Crippen MR) is 62.7 cm³/mol. The molecule has 2 rings (SSSR count). The highest BCUT2D eigenvalue weighted by molar-refractivity contribution is 5.62. The van der Waals surface area contributed by atoms with Gasteiger partial charge in [-0.1, -0.05) is 12.1 Å². The largest absolute Gasteiger partial charge is 0.394 e. The van der Waals surface area contributed by atoms with Crippen molar-refractivity contribution in [3.8, 4) is 11.3 Å². The third-order valence-electron chi connectivity index (χ3n) is 2.58. The molecule has 4 N–H and O–H groups in total. The zero-order valence-electron chi connectivity index (χ0n) is 9.44. The number of imidazole rings is 1. The Hall–Kier alpha value is -1.72. The first kappa shape index (κ1) is 11.8. The molecule has 0 amide bonds. The van der Waals surface area contributed by atoms with Crippen LogP contribution in [0.4, 0.5) is 4.39 Å². The quantitative estimate of drug-likeness (QED) is 0.755. The van der Waals surface area contributed by atoms with E-state index in [0.29, 0.717) is 17.1 Å². The normalized spacial score (nSPS) is 12.7. The summed E-state index contributed by atoms with van der Waals surface area (Å²) >= 11 is 0. The molecule has 0 bridgehead atoms. The molecule has 17 heavy (non-hydrogen) atoms. The van der Waals surface area contributed by atoms with Crippen molar-refractivity contribution in [2.75, 3.05) is 6.61 Å². The number of halogens is 1. The first-order valence-electron chi connectivity index (χ1n) is 5.31. The van der Waals surface area contributed by atoms with Crippen molar-refractivity contribution in [3.05, 3.63) is 41.6 Å². The SMILES string of the molecule is Cc1[nH]c(C(N)CO)nc1-c1ccccc1F. The number of aromatic nitrogens is 2. The molecule has 0 saturated heterocycles. The molecule has 0 fully saturated rings. The monoisotopic (exact) mass is 235 g/mol. The van der Waals surface area contributed by atoms with Gasteiger partial charge in [0.1, 0.15) is 11.6 Å². The number of H-pyrrole nitrogens is 1. The van der Waals surface area contributed by atoms with Crippen molar-refractivity contribution < 1.29 is 9.50 Å². The van der Waals surface area contributed by atoms with E-state index in [9.17, 15) is 4.39 Å². The van der Waals surface area contributed by atoms with Gasteiger partial charge in [-0.25, -0.2) is 9.37 Å². The highest BCUT2D eigenvalue weighted by atomic mass is 19.1. The Kier molecular flexibility index (Phi) is 3.21. The molecule has 4 nitrogen and oxygen atoms in total. The molecule has 90 valence electrons. The minimum absolute atomic E-state index is 0.205. The van der Waals surface area contributed by atoms with Gasteiger partial charge in [0, 0.05) is 11.3 Å². The molecule has 0 aliphatic carbocycles. The van der Waals surface area contributed by atoms with Crippen molar-refractivity contribution in [2.24, 2.45) is 5.73 Å². The fourth-order valence-electron chi connectivity index (χ4n) is 1.66. The van der Waals surface area contributed by atoms with Crippen molar-refractivity contribution in [2.45, 2.75) is 13.0 Å². The molecule has 1 aromatic carbocycles. The number of nitrogens with one attached hydrogen (secondary N) is 1. The Morgan fingerprint density at radius 1 is 1.47 bits per heavy atom. The number of hydrogen-bond acceptors (Lipinski definition) is 3. The summed E-state index contributed by atoms with van der Waals surface area (Å²) in [6.07, 6.45) is 0. The van der Waals surface area contributed by atoms with Gasteiger partial charge in [0.15, 0.2) is 0 Å². The second-order valence-corrected chi connectivity index (χ2v) is 3.86. The van der Waals surface area contributed by atoms with Gasteiger partial charge in [-0.3, -0.25) is 0 Å². The molecule has 2 aromatic rings. The second-order valence-electron chi connectivity index (χ2n) is 3.86. The van der Waals surface area contributed by atoms with Crippen LogP contribution in [0.1, 0.15) is 17.6 Å². The third-order valence-corrected chi connectivity index (χ3v) is 2.58. The van der Waals surface area contributed by atoms with E-state index in [2.05, 4.69) is 9.97 Å². The number of aliphatic hydroxyl groups is 1. The number of aryl methyl sites for hydroxylation is 1. The van der Waals surface area contributed by atoms with Crippen LogP contribution in [0.2, 0.25) is 0 Å². The Labute approximate surface area is 98.3 Å². The van der Waals surface area contributed by atoms with E-state index >= 15 is 0 Å². The lowest BCUT2D eigenvalue weighted by molar-refractivity contribution is 0.264. The molecule has 5 heteroatoms. The molecule has 1 heterocycles. The van der Waals surface area contributed by atoms with Crippen molar-refractivity contribution in [1.29, 1.82) is 0 Å². The smallest absolute Gasteiger partial charge is 0.132 e. The highest BCUT2D eigenvalue weighted by Gasteiger charge is 2.15. The summed E-state index contributed by atoms with van der Waals surface area (Å²) in [6, 6.07) is 5.84. The molecule has 0 aliphatic rings. The standard InChI is InChI=1S/C12H14FN3O/c1-7-11(8-4-2-3-5-9(8)13)16-12(15-7)10(14)6-17/h2-5,10,17H,6,14H2,1H3,(H,15,16). The number of hydrogen-bond donors (Lipinski definition) is 3. The van der Waals surface area contributed by atoms with E-state index in [1.165, 1.54) is 6.07 Å². The van der Waals surface area contributed by atoms with Crippen LogP contribution in [0, 0.1) is 12.7 Å². The van der Waals surface area contributed by atoms with Crippen LogP contribution in [-0.4, -0.2) is 21.7 Å². The van der Waals surface area contributed by atoms with Crippen LogP contribution >= 0.6 is 0 Å². The number of aromatic amines is 1. The van der Waals surface area contributed by atoms with Crippen LogP contribution < -0.4 is 5.73 Å². The highest BCUT2D eigenvalue weighted by Crippen LogP contribution is 2.24. The number of nitrogens with two attached hydrogens (primary N) is 1. The van der Waals surface area contributed by atoms with Gasteiger partial charge >= 0.3 is 0 Å². The van der Waals surface area contributed by atoms with E-state index in [1.54, 1.807) is 25.1 Å². The molecular weight excluding hydrogens is 221 g/mol. The lowest BCUT2D eigenvalue weighted by Gasteiger charge is -2.02. The van der Waals surface area contributed by atoms with Crippen LogP contribution in [-0.2, 0) is 0 Å². The van der Waals surface area contributed by atoms with Crippen molar-refractivity contribution in [1.82, 2.24) is 9.97 Å². The fourth-order valence-corrected chi connectivity index (χ4v) is 1.66. The number of aliphatic hydroxyl groups excluding tert-OH is 1. The summed E-state index contributed by atoms with van der Waals surface area (Å²) in [5.41, 5.74) is 7.34. The van der Waals surface area contributed by atoms with Gasteiger partial charge in [0.2, 0.25) is 0 Å². The number of benzene rings is 1. The maximum atomic E-state index is 13.6. The molecule has 0 aliphatic heterocycles. The predicted octanol–water partition coefficient (Wildman–Crippen LogP) is 1.52. The van der Waals surface area contributed by atoms with Gasteiger partial charge in [-0.2, -0.15) is 0 Å². The van der Waals surface area contributed by atoms with Gasteiger partial charge in [0.05, 0.1) is 18.3 Å². The zero-order valence-corrected chi connectivity index (χ0v) is 9.44. The average Bonchev–Trinajstić information content (AvgIpc) is 2.71. The summed E-state index contributed by atoms with van der Waals surface area (Å²) in [7, 11) is 0. The minimum atomic E-state index is -0.575. The van der Waals surface area contributed by atoms with E-state index in [-0.39, 0.29) is 12.4 Å². The maximum absolute atomic E-state index is 13.6. The number of rotatable bonds is 3. The van der Waals surface area contributed by atoms with E-state index < -0.39 is 6.04 Å². The number of nitrogens with zero attached hydrogens (tertiary/aromatic N) is 1. The summed E-state index contributed by atoms with van der Waals surface area (Å²) in [5.74, 6) is 0.134. The fraction of sp³-hybridized carbons (Fsp3) is 0.250. The summed E-state index contributed by atoms with van der Waals surface area (Å²) < 4.78 is 13.6. The van der Waals surface area contributed by atoms with E-state index in [4.69, 9.17) is 10.8 Å². The summed E-state index contributed by atoms with van der Waals surface area (Å²) in [4.78, 5) is 7.19. The Bertz CT molecular complexity index is 524. The second kappa shape index (κ2) is 4.65. The summed E-state index contributed by atoms with van der Waals surface area (Å²) in [6.45, 7) is 1.59. The van der Waals surface area contributed by atoms with Crippen LogP contribution in [0.15, 0.2) is 24.3 Å². The lowest BCUT2D eigenvalue weighted by Crippen LogP contribution is -2.16. The van der Waals surface area contributed by atoms with Gasteiger partial charge in [-0.05, 0) is 19.1 Å². The van der Waals surface area contributed by atoms with Crippen molar-refractivity contribution >= 4 is 0 Å². The maximum Gasteiger partial charge on any atom is 0.132 e. The minimum Gasteiger partial charge on any atom is -0.394 e. The Morgan fingerprint density at radius 2 is 2.18 bits per heavy atom. The van der Waals surface area contributed by atoms with E-state index in [0.717, 1.165) is 5.69 Å². The first-order chi connectivity index (χ1) is 8.13. The first-order valence-corrected chi connectivity index (χ1v) is 5.31. The van der Waals surface area contributed by atoms with E-state index in [1.807, 2.05) is 0 Å². The van der Waals surface area contributed by atoms with Gasteiger partial charge in [0.25, 0.3) is 0 Å². The molecule has 0 radical (unpaired) electrons. The Morgan fingerprint density at radius 3 is 2.82 bits per heavy atom. The van der Waals surface area contributed by atoms with Crippen LogP contribution in [0.5, 0.6) is 0 Å². The van der Waals surface area contributed by atoms with Gasteiger partial charge < -0.3 is 15.8 Å². The molecular formula is C12H14FN3O. The van der Waals surface area contributed by atoms with Crippen LogP contribution in [0.3, 0.4) is 0 Å². The molecule has 0 spiro atoms. The average molecular weight is 235 g/mol. The molecule has 1 unspecified atom stereocenters. The third kappa shape index (κ3) is 2.20. The summed E-state index contributed by atoms with van der Waals surface area (Å²) in [5, 5.41) is 8.95. The topological polar surface area (TPSA) is 74.9 Å². The van der Waals surface area contributed by atoms with Gasteiger partial charge in [-0.15, -0.1) is 0 Å². The Balaban J connectivity index is 2.47. The van der Waals surface area contributed by atoms with Crippen molar-refractivity contribution in [3.63, 3.8) is 0 Å².